The topological polar surface area (TPSA) is 25.8 Å². The lowest BCUT2D eigenvalue weighted by Crippen LogP contribution is -2.26. The van der Waals surface area contributed by atoms with E-state index in [1.165, 1.54) is 66.4 Å². The summed E-state index contributed by atoms with van der Waals surface area (Å²) in [5, 5.41) is 2.51. The summed E-state index contributed by atoms with van der Waals surface area (Å²) in [6.45, 7) is 0. The number of hydrogen-bond donors (Lipinski definition) is 0. The largest absolute Gasteiger partial charge is 0.228 e. The molecule has 11 aromatic rings. The second-order valence-electron chi connectivity index (χ2n) is 17.2. The van der Waals surface area contributed by atoms with Gasteiger partial charge in [0.2, 0.25) is 0 Å². The molecule has 0 fully saturated rings. The number of hydrogen-bond acceptors (Lipinski definition) is 2. The van der Waals surface area contributed by atoms with E-state index in [9.17, 15) is 0 Å². The Labute approximate surface area is 378 Å². The molecule has 0 aliphatic heterocycles. The Morgan fingerprint density at radius 3 is 1.32 bits per heavy atom. The van der Waals surface area contributed by atoms with Gasteiger partial charge in [-0.1, -0.05) is 212 Å². The van der Waals surface area contributed by atoms with Crippen molar-refractivity contribution >= 4 is 10.8 Å². The maximum Gasteiger partial charge on any atom is 0.160 e. The van der Waals surface area contributed by atoms with Crippen LogP contribution in [0.25, 0.3) is 100 Å². The molecule has 10 aromatic carbocycles. The lowest BCUT2D eigenvalue weighted by molar-refractivity contribution is 0.801. The van der Waals surface area contributed by atoms with E-state index in [-0.39, 0.29) is 0 Å². The Morgan fingerprint density at radius 2 is 0.708 bits per heavy atom. The molecule has 2 heteroatoms. The zero-order valence-electron chi connectivity index (χ0n) is 35.5. The van der Waals surface area contributed by atoms with Gasteiger partial charge >= 0.3 is 0 Å². The molecular weight excluding hydrogens is 785 g/mol. The Balaban J connectivity index is 1.03. The zero-order valence-corrected chi connectivity index (χ0v) is 35.5. The molecule has 0 saturated heterocycles. The number of nitrogens with zero attached hydrogens (tertiary/aromatic N) is 2. The van der Waals surface area contributed by atoms with Crippen LogP contribution in [0, 0.1) is 0 Å². The minimum atomic E-state index is -0.467. The van der Waals surface area contributed by atoms with Gasteiger partial charge in [-0.2, -0.15) is 0 Å². The number of fused-ring (bicyclic) bond motifs is 12. The average Bonchev–Trinajstić information content (AvgIpc) is 3.87. The van der Waals surface area contributed by atoms with Gasteiger partial charge in [-0.25, -0.2) is 9.97 Å². The molecule has 0 atom stereocenters. The van der Waals surface area contributed by atoms with Gasteiger partial charge in [-0.05, 0) is 119 Å². The first-order valence-corrected chi connectivity index (χ1v) is 22.4. The van der Waals surface area contributed by atoms with Crippen molar-refractivity contribution in [3.8, 4) is 89.5 Å². The number of benzene rings is 10. The molecule has 2 aliphatic rings. The predicted octanol–water partition coefficient (Wildman–Crippen LogP) is 16.0. The second-order valence-corrected chi connectivity index (χ2v) is 17.2. The smallest absolute Gasteiger partial charge is 0.160 e. The fourth-order valence-electron chi connectivity index (χ4n) is 10.9. The van der Waals surface area contributed by atoms with Crippen LogP contribution in [-0.4, -0.2) is 9.97 Å². The maximum absolute atomic E-state index is 5.40. The highest BCUT2D eigenvalue weighted by molar-refractivity contribution is 6.09. The van der Waals surface area contributed by atoms with Crippen LogP contribution >= 0.6 is 0 Å². The van der Waals surface area contributed by atoms with Crippen LogP contribution < -0.4 is 0 Å². The van der Waals surface area contributed by atoms with E-state index in [1.54, 1.807) is 0 Å². The van der Waals surface area contributed by atoms with E-state index in [2.05, 4.69) is 243 Å². The molecule has 65 heavy (non-hydrogen) atoms. The van der Waals surface area contributed by atoms with Gasteiger partial charge in [0.15, 0.2) is 5.82 Å². The van der Waals surface area contributed by atoms with E-state index in [0.29, 0.717) is 5.82 Å². The molecule has 13 rings (SSSR count). The average molecular weight is 825 g/mol. The van der Waals surface area contributed by atoms with Crippen LogP contribution in [0.2, 0.25) is 0 Å². The summed E-state index contributed by atoms with van der Waals surface area (Å²) in [6, 6.07) is 88.1. The molecule has 0 bridgehead atoms. The van der Waals surface area contributed by atoms with Gasteiger partial charge in [0, 0.05) is 16.7 Å². The first-order chi connectivity index (χ1) is 32.2. The van der Waals surface area contributed by atoms with Crippen molar-refractivity contribution in [3.05, 3.63) is 265 Å². The maximum atomic E-state index is 5.40. The Bertz CT molecular complexity index is 3510. The van der Waals surface area contributed by atoms with E-state index in [0.717, 1.165) is 50.3 Å². The number of aromatic nitrogens is 2. The fourth-order valence-corrected chi connectivity index (χ4v) is 10.9. The standard InChI is InChI=1S/C63H40N2/c1-3-18-41(19-4-1)43-23-15-26-47(36-43)58-40-59(65-62(64-58)49-28-16-24-44(37-49)42-20-5-2-6-21-42)48-27-17-25-45(38-48)54-39-46-22-7-8-29-50(46)61-60(54)53-32-11-14-35-57(53)63(61)55-33-12-9-30-51(55)52-31-10-13-34-56(52)63/h1-40H. The van der Waals surface area contributed by atoms with Crippen LogP contribution in [0.3, 0.4) is 0 Å². The highest BCUT2D eigenvalue weighted by atomic mass is 14.9. The molecule has 1 aromatic heterocycles. The lowest BCUT2D eigenvalue weighted by Gasteiger charge is -2.31. The van der Waals surface area contributed by atoms with Crippen LogP contribution in [0.5, 0.6) is 0 Å². The second kappa shape index (κ2) is 14.8. The van der Waals surface area contributed by atoms with E-state index >= 15 is 0 Å². The summed E-state index contributed by atoms with van der Waals surface area (Å²) in [5.74, 6) is 0.687. The quantitative estimate of drug-likeness (QED) is 0.167. The Morgan fingerprint density at radius 1 is 0.277 bits per heavy atom. The van der Waals surface area contributed by atoms with Gasteiger partial charge in [0.25, 0.3) is 0 Å². The summed E-state index contributed by atoms with van der Waals surface area (Å²) >= 11 is 0. The normalized spacial score (nSPS) is 12.7. The third kappa shape index (κ3) is 5.81. The SMILES string of the molecule is c1ccc(-c2cccc(-c3cc(-c4cccc(-c5cc6ccccc6c6c5-c5ccccc5C65c6ccccc6-c6ccccc65)c4)nc(-c4cccc(-c5ccccc5)c4)n3)c2)cc1. The van der Waals surface area contributed by atoms with Gasteiger partial charge in [0.05, 0.1) is 16.8 Å². The molecule has 0 saturated carbocycles. The summed E-state index contributed by atoms with van der Waals surface area (Å²) < 4.78 is 0. The molecule has 2 nitrogen and oxygen atoms in total. The van der Waals surface area contributed by atoms with E-state index in [4.69, 9.17) is 9.97 Å². The first kappa shape index (κ1) is 37.1. The van der Waals surface area contributed by atoms with Crippen LogP contribution in [0.4, 0.5) is 0 Å². The minimum absolute atomic E-state index is 0.467. The van der Waals surface area contributed by atoms with E-state index < -0.39 is 5.41 Å². The molecule has 2 aliphatic carbocycles. The third-order valence-corrected chi connectivity index (χ3v) is 13.7. The Hall–Kier alpha value is -8.46. The molecule has 0 radical (unpaired) electrons. The molecule has 0 amide bonds. The monoisotopic (exact) mass is 824 g/mol. The highest BCUT2D eigenvalue weighted by Gasteiger charge is 2.53. The lowest BCUT2D eigenvalue weighted by atomic mass is 9.69. The van der Waals surface area contributed by atoms with Crippen molar-refractivity contribution in [1.82, 2.24) is 9.97 Å². The molecule has 302 valence electrons. The van der Waals surface area contributed by atoms with Gasteiger partial charge in [0.1, 0.15) is 0 Å². The van der Waals surface area contributed by atoms with Gasteiger partial charge < -0.3 is 0 Å². The summed E-state index contributed by atoms with van der Waals surface area (Å²) in [5.41, 5.74) is 21.9. The minimum Gasteiger partial charge on any atom is -0.228 e. The molecule has 0 N–H and O–H groups in total. The van der Waals surface area contributed by atoms with Gasteiger partial charge in [-0.15, -0.1) is 0 Å². The van der Waals surface area contributed by atoms with Crippen molar-refractivity contribution in [2.75, 3.05) is 0 Å². The number of rotatable bonds is 6. The fraction of sp³-hybridized carbons (Fsp3) is 0.0159. The molecule has 1 spiro atoms. The Kier molecular flexibility index (Phi) is 8.47. The van der Waals surface area contributed by atoms with Crippen molar-refractivity contribution < 1.29 is 0 Å². The van der Waals surface area contributed by atoms with Crippen LogP contribution in [0.1, 0.15) is 22.3 Å². The summed E-state index contributed by atoms with van der Waals surface area (Å²) in [6.07, 6.45) is 0. The first-order valence-electron chi connectivity index (χ1n) is 22.4. The third-order valence-electron chi connectivity index (χ3n) is 13.7. The van der Waals surface area contributed by atoms with E-state index in [1.807, 2.05) is 0 Å². The molecular formula is C63H40N2. The van der Waals surface area contributed by atoms with Crippen molar-refractivity contribution in [2.45, 2.75) is 5.41 Å². The summed E-state index contributed by atoms with van der Waals surface area (Å²) in [7, 11) is 0. The summed E-state index contributed by atoms with van der Waals surface area (Å²) in [4.78, 5) is 10.7. The van der Waals surface area contributed by atoms with Gasteiger partial charge in [-0.3, -0.25) is 0 Å². The van der Waals surface area contributed by atoms with Crippen LogP contribution in [-0.2, 0) is 5.41 Å². The molecule has 1 heterocycles. The van der Waals surface area contributed by atoms with Crippen molar-refractivity contribution in [3.63, 3.8) is 0 Å². The highest BCUT2D eigenvalue weighted by Crippen LogP contribution is 2.65. The zero-order chi connectivity index (χ0) is 42.9. The predicted molar refractivity (Wildman–Crippen MR) is 268 cm³/mol. The molecule has 0 unspecified atom stereocenters. The van der Waals surface area contributed by atoms with Crippen LogP contribution in [0.15, 0.2) is 243 Å². The van der Waals surface area contributed by atoms with Crippen molar-refractivity contribution in [1.29, 1.82) is 0 Å². The van der Waals surface area contributed by atoms with Crippen molar-refractivity contribution in [2.24, 2.45) is 0 Å².